The standard InChI is InChI=1S/C42H50N8O3S/c1-29-8-9-31(23-34(29)25-39-44-16-14-35(46-39)33-5-4-15-43-26-33)24-37(51)32-12-10-30(11-13-32)27-50-21-19-49(20-22-50)18-17-45-40(52)7-3-2-6-38-41-36(28-54-38)47-42(53)48-41/h4-5,8-16,23,26,36,38,41H,2-3,6-7,17-22,24-25,27-28H2,1H3,(H,45,52)(H2,47,48,53)/t36-,38-,41-/m0/s1. The Labute approximate surface area is 322 Å². The Balaban J connectivity index is 0.792. The van der Waals surface area contributed by atoms with E-state index < -0.39 is 0 Å². The molecule has 3 fully saturated rings. The molecule has 3 amide bonds. The van der Waals surface area contributed by atoms with Gasteiger partial charge in [-0.15, -0.1) is 0 Å². The second kappa shape index (κ2) is 18.1. The highest BCUT2D eigenvalue weighted by Crippen LogP contribution is 2.33. The number of nitrogens with zero attached hydrogens (tertiary/aromatic N) is 5. The molecule has 2 aromatic carbocycles. The van der Waals surface area contributed by atoms with Crippen LogP contribution in [0.25, 0.3) is 11.3 Å². The number of urea groups is 1. The van der Waals surface area contributed by atoms with Crippen LogP contribution >= 0.6 is 11.8 Å². The number of nitrogens with one attached hydrogen (secondary N) is 3. The maximum absolute atomic E-state index is 13.3. The van der Waals surface area contributed by atoms with E-state index in [1.54, 1.807) is 18.6 Å². The van der Waals surface area contributed by atoms with E-state index in [1.807, 2.05) is 48.2 Å². The summed E-state index contributed by atoms with van der Waals surface area (Å²) in [5, 5.41) is 9.57. The summed E-state index contributed by atoms with van der Waals surface area (Å²) < 4.78 is 0. The number of fused-ring (bicyclic) bond motifs is 1. The number of aromatic nitrogens is 3. The molecular weight excluding hydrogens is 697 g/mol. The van der Waals surface area contributed by atoms with E-state index in [0.717, 1.165) is 104 Å². The number of amides is 3. The first-order chi connectivity index (χ1) is 26.4. The van der Waals surface area contributed by atoms with Gasteiger partial charge >= 0.3 is 6.03 Å². The fraction of sp³-hybridized carbons (Fsp3) is 0.429. The SMILES string of the molecule is Cc1ccc(CC(=O)c2ccc(CN3CCN(CCNC(=O)CCCC[C@@H]4SC[C@@H]5NC(=O)N[C@@H]54)CC3)cc2)cc1Cc1nccc(-c2cccnc2)n1. The maximum atomic E-state index is 13.3. The molecule has 0 unspecified atom stereocenters. The number of rotatable bonds is 16. The zero-order valence-corrected chi connectivity index (χ0v) is 31.8. The average Bonchev–Trinajstić information content (AvgIpc) is 3.75. The second-order valence-corrected chi connectivity index (χ2v) is 15.9. The molecule has 54 heavy (non-hydrogen) atoms. The van der Waals surface area contributed by atoms with E-state index in [1.165, 1.54) is 5.56 Å². The van der Waals surface area contributed by atoms with E-state index >= 15 is 0 Å². The molecule has 3 aliphatic heterocycles. The van der Waals surface area contributed by atoms with Crippen LogP contribution in [0.2, 0.25) is 0 Å². The largest absolute Gasteiger partial charge is 0.355 e. The van der Waals surface area contributed by atoms with Crippen LogP contribution in [0, 0.1) is 6.92 Å². The molecule has 2 aromatic heterocycles. The van der Waals surface area contributed by atoms with E-state index in [0.29, 0.717) is 31.1 Å². The van der Waals surface area contributed by atoms with Gasteiger partial charge < -0.3 is 16.0 Å². The summed E-state index contributed by atoms with van der Waals surface area (Å²) in [6, 6.07) is 20.5. The third-order valence-corrected chi connectivity index (χ3v) is 12.3. The van der Waals surface area contributed by atoms with Crippen molar-refractivity contribution in [2.75, 3.05) is 45.0 Å². The molecule has 4 aromatic rings. The normalized spacial score (nSPS) is 19.9. The van der Waals surface area contributed by atoms with E-state index in [-0.39, 0.29) is 29.8 Å². The average molecular weight is 747 g/mol. The molecule has 0 bridgehead atoms. The molecule has 282 valence electrons. The molecule has 0 spiro atoms. The van der Waals surface area contributed by atoms with Crippen LogP contribution in [0.5, 0.6) is 0 Å². The third-order valence-electron chi connectivity index (χ3n) is 10.8. The second-order valence-electron chi connectivity index (χ2n) is 14.7. The zero-order valence-electron chi connectivity index (χ0n) is 31.0. The Morgan fingerprint density at radius 1 is 0.944 bits per heavy atom. The van der Waals surface area contributed by atoms with Crippen molar-refractivity contribution in [2.24, 2.45) is 0 Å². The number of Topliss-reactive ketones (excluding diaryl/α,β-unsaturated/α-hetero) is 1. The highest BCUT2D eigenvalue weighted by atomic mass is 32.2. The number of carbonyl (C=O) groups is 3. The third kappa shape index (κ3) is 10.1. The van der Waals surface area contributed by atoms with Crippen molar-refractivity contribution >= 4 is 29.5 Å². The van der Waals surface area contributed by atoms with Crippen LogP contribution in [-0.2, 0) is 24.2 Å². The lowest BCUT2D eigenvalue weighted by Gasteiger charge is -2.34. The molecule has 0 radical (unpaired) electrons. The first-order valence-corrected chi connectivity index (χ1v) is 20.2. The number of pyridine rings is 1. The lowest BCUT2D eigenvalue weighted by Crippen LogP contribution is -2.48. The van der Waals surface area contributed by atoms with Crippen LogP contribution in [0.15, 0.2) is 79.3 Å². The van der Waals surface area contributed by atoms with E-state index in [2.05, 4.69) is 66.9 Å². The van der Waals surface area contributed by atoms with Crippen LogP contribution in [0.4, 0.5) is 4.79 Å². The highest BCUT2D eigenvalue weighted by molar-refractivity contribution is 8.00. The highest BCUT2D eigenvalue weighted by Gasteiger charge is 2.42. The number of ketones is 1. The number of piperazine rings is 1. The van der Waals surface area contributed by atoms with Crippen molar-refractivity contribution in [3.63, 3.8) is 0 Å². The number of aryl methyl sites for hydroxylation is 1. The molecule has 7 rings (SSSR count). The Hall–Kier alpha value is -4.65. The molecule has 0 saturated carbocycles. The van der Waals surface area contributed by atoms with Gasteiger partial charge in [-0.05, 0) is 60.2 Å². The number of benzene rings is 2. The van der Waals surface area contributed by atoms with Crippen LogP contribution in [-0.4, -0.2) is 105 Å². The number of carbonyl (C=O) groups excluding carboxylic acids is 3. The number of unbranched alkanes of at least 4 members (excludes halogenated alkanes) is 1. The molecule has 3 saturated heterocycles. The van der Waals surface area contributed by atoms with E-state index in [9.17, 15) is 14.4 Å². The zero-order chi connectivity index (χ0) is 37.3. The minimum atomic E-state index is -0.0474. The smallest absolute Gasteiger partial charge is 0.315 e. The van der Waals surface area contributed by atoms with Gasteiger partial charge in [-0.1, -0.05) is 48.9 Å². The first-order valence-electron chi connectivity index (χ1n) is 19.2. The Morgan fingerprint density at radius 3 is 2.57 bits per heavy atom. The molecule has 3 aliphatic rings. The lowest BCUT2D eigenvalue weighted by atomic mass is 9.97. The van der Waals surface area contributed by atoms with E-state index in [4.69, 9.17) is 4.98 Å². The minimum absolute atomic E-state index is 0.0474. The topological polar surface area (TPSA) is 132 Å². The predicted molar refractivity (Wildman–Crippen MR) is 212 cm³/mol. The lowest BCUT2D eigenvalue weighted by molar-refractivity contribution is -0.121. The maximum Gasteiger partial charge on any atom is 0.315 e. The van der Waals surface area contributed by atoms with Crippen molar-refractivity contribution in [1.82, 2.24) is 40.7 Å². The summed E-state index contributed by atoms with van der Waals surface area (Å²) >= 11 is 1.92. The summed E-state index contributed by atoms with van der Waals surface area (Å²) in [7, 11) is 0. The fourth-order valence-corrected chi connectivity index (χ4v) is 9.13. The molecule has 0 aliphatic carbocycles. The van der Waals surface area contributed by atoms with Gasteiger partial charge in [0.15, 0.2) is 5.78 Å². The fourth-order valence-electron chi connectivity index (χ4n) is 7.58. The summed E-state index contributed by atoms with van der Waals surface area (Å²) in [6.45, 7) is 8.36. The van der Waals surface area contributed by atoms with Crippen LogP contribution in [0.3, 0.4) is 0 Å². The van der Waals surface area contributed by atoms with Crippen molar-refractivity contribution in [3.05, 3.63) is 113 Å². The van der Waals surface area contributed by atoms with Gasteiger partial charge in [0.05, 0.1) is 17.8 Å². The van der Waals surface area contributed by atoms with Crippen molar-refractivity contribution in [3.8, 4) is 11.3 Å². The van der Waals surface area contributed by atoms with Crippen molar-refractivity contribution in [1.29, 1.82) is 0 Å². The van der Waals surface area contributed by atoms with Gasteiger partial charge in [0.1, 0.15) is 5.82 Å². The van der Waals surface area contributed by atoms with Gasteiger partial charge in [-0.3, -0.25) is 24.4 Å². The monoisotopic (exact) mass is 746 g/mol. The van der Waals surface area contributed by atoms with Gasteiger partial charge in [-0.25, -0.2) is 14.8 Å². The van der Waals surface area contributed by atoms with Crippen LogP contribution < -0.4 is 16.0 Å². The Kier molecular flexibility index (Phi) is 12.6. The molecule has 11 nitrogen and oxygen atoms in total. The predicted octanol–water partition coefficient (Wildman–Crippen LogP) is 4.82. The molecular formula is C42H50N8O3S. The summed E-state index contributed by atoms with van der Waals surface area (Å²) in [6.07, 6.45) is 9.74. The van der Waals surface area contributed by atoms with Gasteiger partial charge in [0.2, 0.25) is 5.91 Å². The first kappa shape index (κ1) is 37.7. The van der Waals surface area contributed by atoms with Crippen molar-refractivity contribution < 1.29 is 14.4 Å². The van der Waals surface area contributed by atoms with Gasteiger partial charge in [0, 0.05) is 106 Å². The molecule has 5 heterocycles. The quantitative estimate of drug-likeness (QED) is 0.0839. The number of hydrogen-bond acceptors (Lipinski definition) is 9. The van der Waals surface area contributed by atoms with Crippen LogP contribution in [0.1, 0.15) is 64.1 Å². The Bertz CT molecular complexity index is 1900. The van der Waals surface area contributed by atoms with Gasteiger partial charge in [0.25, 0.3) is 0 Å². The summed E-state index contributed by atoms with van der Waals surface area (Å²) in [5.74, 6) is 1.94. The Morgan fingerprint density at radius 2 is 1.76 bits per heavy atom. The molecule has 12 heteroatoms. The van der Waals surface area contributed by atoms with Crippen molar-refractivity contribution in [2.45, 2.75) is 69.3 Å². The minimum Gasteiger partial charge on any atom is -0.355 e. The molecule has 3 N–H and O–H groups in total. The number of hydrogen-bond donors (Lipinski definition) is 3. The number of thioether (sulfide) groups is 1. The van der Waals surface area contributed by atoms with Gasteiger partial charge in [-0.2, -0.15) is 11.8 Å². The molecule has 3 atom stereocenters. The summed E-state index contributed by atoms with van der Waals surface area (Å²) in [5.41, 5.74) is 6.97. The summed E-state index contributed by atoms with van der Waals surface area (Å²) in [4.78, 5) is 55.6.